The molecule has 1 heterocycles. The van der Waals surface area contributed by atoms with E-state index in [-0.39, 0.29) is 5.91 Å². The van der Waals surface area contributed by atoms with Crippen LogP contribution in [0.3, 0.4) is 0 Å². The summed E-state index contributed by atoms with van der Waals surface area (Å²) < 4.78 is 5.10. The Balaban J connectivity index is 2.61. The maximum Gasteiger partial charge on any atom is 0.301 e. The monoisotopic (exact) mass is 242 g/mol. The third-order valence-electron chi connectivity index (χ3n) is 2.52. The highest BCUT2D eigenvalue weighted by molar-refractivity contribution is 7.99. The molecule has 16 heavy (non-hydrogen) atoms. The molecular formula is C11H18N2O2S. The Morgan fingerprint density at radius 2 is 2.25 bits per heavy atom. The molecule has 0 fully saturated rings. The van der Waals surface area contributed by atoms with Gasteiger partial charge in [0.05, 0.1) is 6.26 Å². The topological polar surface area (TPSA) is 68.3 Å². The number of amides is 1. The molecule has 1 aromatic heterocycles. The second-order valence-corrected chi connectivity index (χ2v) is 5.37. The molecule has 0 saturated carbocycles. The van der Waals surface area contributed by atoms with Gasteiger partial charge in [-0.1, -0.05) is 20.8 Å². The number of nitrogen functional groups attached to an aromatic ring is 1. The van der Waals surface area contributed by atoms with E-state index in [0.29, 0.717) is 16.9 Å². The number of nitrogens with one attached hydrogen (secondary N) is 1. The van der Waals surface area contributed by atoms with Crippen molar-refractivity contribution in [1.29, 1.82) is 0 Å². The smallest absolute Gasteiger partial charge is 0.301 e. The molecule has 1 aromatic rings. The van der Waals surface area contributed by atoms with Crippen LogP contribution in [-0.4, -0.2) is 11.2 Å². The first-order chi connectivity index (χ1) is 7.56. The minimum Gasteiger partial charge on any atom is -0.459 e. The highest BCUT2D eigenvalue weighted by Gasteiger charge is 2.15. The third kappa shape index (κ3) is 3.28. The number of carbonyl (C=O) groups is 1. The fourth-order valence-electron chi connectivity index (χ4n) is 1.13. The minimum atomic E-state index is -0.377. The van der Waals surface area contributed by atoms with Crippen LogP contribution in [0.15, 0.2) is 16.7 Å². The summed E-state index contributed by atoms with van der Waals surface area (Å²) in [6, 6.07) is 1.81. The van der Waals surface area contributed by atoms with Crippen molar-refractivity contribution < 1.29 is 9.21 Å². The Morgan fingerprint density at radius 1 is 1.56 bits per heavy atom. The molecule has 0 aromatic carbocycles. The van der Waals surface area contributed by atoms with Gasteiger partial charge in [0.25, 0.3) is 0 Å². The Labute approximate surface area is 99.9 Å². The van der Waals surface area contributed by atoms with Crippen molar-refractivity contribution in [2.24, 2.45) is 11.8 Å². The summed E-state index contributed by atoms with van der Waals surface area (Å²) in [6.07, 6.45) is 1.51. The highest BCUT2D eigenvalue weighted by Crippen LogP contribution is 2.25. The largest absolute Gasteiger partial charge is 0.459 e. The summed E-state index contributed by atoms with van der Waals surface area (Å²) in [7, 11) is 0. The van der Waals surface area contributed by atoms with Crippen molar-refractivity contribution in [3.05, 3.63) is 23.7 Å². The predicted molar refractivity (Wildman–Crippen MR) is 66.0 cm³/mol. The lowest BCUT2D eigenvalue weighted by Crippen LogP contribution is -2.30. The van der Waals surface area contributed by atoms with Crippen molar-refractivity contribution >= 4 is 17.7 Å². The van der Waals surface area contributed by atoms with Crippen molar-refractivity contribution in [2.75, 3.05) is 0 Å². The number of hydrogen-bond acceptors (Lipinski definition) is 4. The Kier molecular flexibility index (Phi) is 4.89. The van der Waals surface area contributed by atoms with Crippen molar-refractivity contribution in [3.63, 3.8) is 0 Å². The van der Waals surface area contributed by atoms with Gasteiger partial charge in [0, 0.05) is 16.6 Å². The van der Waals surface area contributed by atoms with E-state index in [9.17, 15) is 4.79 Å². The quantitative estimate of drug-likeness (QED) is 0.471. The predicted octanol–water partition coefficient (Wildman–Crippen LogP) is 2.16. The van der Waals surface area contributed by atoms with Crippen molar-refractivity contribution in [1.82, 2.24) is 5.43 Å². The van der Waals surface area contributed by atoms with Gasteiger partial charge in [-0.05, 0) is 12.0 Å². The van der Waals surface area contributed by atoms with Crippen LogP contribution in [0.2, 0.25) is 0 Å². The third-order valence-corrected chi connectivity index (χ3v) is 4.07. The van der Waals surface area contributed by atoms with Crippen molar-refractivity contribution in [2.45, 2.75) is 31.8 Å². The molecule has 0 aliphatic rings. The van der Waals surface area contributed by atoms with Crippen LogP contribution >= 0.6 is 11.8 Å². The molecule has 1 amide bonds. The Bertz CT molecular complexity index is 350. The molecule has 0 aliphatic heterocycles. The Morgan fingerprint density at radius 3 is 2.81 bits per heavy atom. The SMILES string of the molecule is CC(C)C(C)SCc1ccoc1C(=O)NN. The number of hydrogen-bond donors (Lipinski definition) is 2. The number of furan rings is 1. The first-order valence-corrected chi connectivity index (χ1v) is 6.30. The van der Waals surface area contributed by atoms with Gasteiger partial charge in [-0.25, -0.2) is 5.84 Å². The molecule has 3 N–H and O–H groups in total. The van der Waals surface area contributed by atoms with E-state index in [4.69, 9.17) is 10.3 Å². The van der Waals surface area contributed by atoms with E-state index in [1.54, 1.807) is 11.8 Å². The van der Waals surface area contributed by atoms with Crippen LogP contribution < -0.4 is 11.3 Å². The van der Waals surface area contributed by atoms with Gasteiger partial charge >= 0.3 is 5.91 Å². The lowest BCUT2D eigenvalue weighted by Gasteiger charge is -2.14. The van der Waals surface area contributed by atoms with Crippen LogP contribution in [-0.2, 0) is 5.75 Å². The molecule has 90 valence electrons. The fourth-order valence-corrected chi connectivity index (χ4v) is 2.18. The number of thioether (sulfide) groups is 1. The zero-order valence-electron chi connectivity index (χ0n) is 9.82. The van der Waals surface area contributed by atoms with E-state index < -0.39 is 0 Å². The number of hydrazine groups is 1. The van der Waals surface area contributed by atoms with Crippen LogP contribution in [0, 0.1) is 5.92 Å². The first kappa shape index (κ1) is 13.1. The molecule has 0 bridgehead atoms. The van der Waals surface area contributed by atoms with Crippen LogP contribution in [0.4, 0.5) is 0 Å². The van der Waals surface area contributed by atoms with E-state index in [2.05, 4.69) is 26.2 Å². The molecule has 0 radical (unpaired) electrons. The number of nitrogens with two attached hydrogens (primary N) is 1. The average Bonchev–Trinajstić information content (AvgIpc) is 2.72. The summed E-state index contributed by atoms with van der Waals surface area (Å²) in [4.78, 5) is 11.3. The summed E-state index contributed by atoms with van der Waals surface area (Å²) in [5.74, 6) is 6.38. The molecule has 0 saturated heterocycles. The maximum absolute atomic E-state index is 11.3. The fraction of sp³-hybridized carbons (Fsp3) is 0.545. The number of rotatable bonds is 5. The average molecular weight is 242 g/mol. The standard InChI is InChI=1S/C11H18N2O2S/c1-7(2)8(3)16-6-9-4-5-15-10(9)11(14)13-12/h4-5,7-8H,6,12H2,1-3H3,(H,13,14). The lowest BCUT2D eigenvalue weighted by molar-refractivity contribution is 0.0925. The van der Waals surface area contributed by atoms with E-state index >= 15 is 0 Å². The van der Waals surface area contributed by atoms with Crippen LogP contribution in [0.25, 0.3) is 0 Å². The van der Waals surface area contributed by atoms with E-state index in [1.165, 1.54) is 6.26 Å². The van der Waals surface area contributed by atoms with Crippen molar-refractivity contribution in [3.8, 4) is 0 Å². The van der Waals surface area contributed by atoms with Crippen LogP contribution in [0.1, 0.15) is 36.9 Å². The van der Waals surface area contributed by atoms with Gasteiger partial charge in [-0.15, -0.1) is 0 Å². The van der Waals surface area contributed by atoms with E-state index in [0.717, 1.165) is 11.3 Å². The molecule has 1 unspecified atom stereocenters. The number of carbonyl (C=O) groups excluding carboxylic acids is 1. The van der Waals surface area contributed by atoms with Gasteiger partial charge in [0.15, 0.2) is 5.76 Å². The molecule has 1 atom stereocenters. The minimum absolute atomic E-state index is 0.311. The van der Waals surface area contributed by atoms with Gasteiger partial charge in [0.2, 0.25) is 0 Å². The first-order valence-electron chi connectivity index (χ1n) is 5.25. The van der Waals surface area contributed by atoms with Gasteiger partial charge in [-0.3, -0.25) is 10.2 Å². The summed E-state index contributed by atoms with van der Waals surface area (Å²) in [5, 5.41) is 0.545. The molecule has 1 rings (SSSR count). The lowest BCUT2D eigenvalue weighted by atomic mass is 10.2. The normalized spacial score (nSPS) is 12.8. The molecule has 0 spiro atoms. The highest BCUT2D eigenvalue weighted by atomic mass is 32.2. The summed E-state index contributed by atoms with van der Waals surface area (Å²) in [5.41, 5.74) is 2.97. The maximum atomic E-state index is 11.3. The molecule has 5 heteroatoms. The van der Waals surface area contributed by atoms with Gasteiger partial charge < -0.3 is 4.42 Å². The van der Waals surface area contributed by atoms with Gasteiger partial charge in [0.1, 0.15) is 0 Å². The van der Waals surface area contributed by atoms with Gasteiger partial charge in [-0.2, -0.15) is 11.8 Å². The zero-order valence-corrected chi connectivity index (χ0v) is 10.6. The summed E-state index contributed by atoms with van der Waals surface area (Å²) >= 11 is 1.80. The molecule has 0 aliphatic carbocycles. The summed E-state index contributed by atoms with van der Waals surface area (Å²) in [6.45, 7) is 6.54. The molecule has 4 nitrogen and oxygen atoms in total. The zero-order chi connectivity index (χ0) is 12.1. The second kappa shape index (κ2) is 5.96. The van der Waals surface area contributed by atoms with Crippen LogP contribution in [0.5, 0.6) is 0 Å². The second-order valence-electron chi connectivity index (χ2n) is 4.01. The van der Waals surface area contributed by atoms with E-state index in [1.807, 2.05) is 6.07 Å². The molecular weight excluding hydrogens is 224 g/mol. The Hall–Kier alpha value is -0.940.